The molecule has 2 aromatic rings. The molecule has 2 amide bonds. The molecule has 2 atom stereocenters. The summed E-state index contributed by atoms with van der Waals surface area (Å²) in [5.74, 6) is 0.458. The summed E-state index contributed by atoms with van der Waals surface area (Å²) in [7, 11) is 0. The summed E-state index contributed by atoms with van der Waals surface area (Å²) in [5, 5.41) is 3.22. The predicted octanol–water partition coefficient (Wildman–Crippen LogP) is 5.87. The Morgan fingerprint density at radius 2 is 1.88 bits per heavy atom. The van der Waals surface area contributed by atoms with Crippen LogP contribution in [0.25, 0.3) is 0 Å². The number of amides is 2. The second-order valence-corrected chi connectivity index (χ2v) is 7.56. The molecule has 138 valence electrons. The van der Waals surface area contributed by atoms with Gasteiger partial charge in [0.1, 0.15) is 0 Å². The molecule has 0 saturated carbocycles. The average molecular weight is 351 g/mol. The number of piperidine rings is 1. The lowest BCUT2D eigenvalue weighted by atomic mass is 9.86. The van der Waals surface area contributed by atoms with Gasteiger partial charge < -0.3 is 10.2 Å². The third kappa shape index (κ3) is 3.77. The van der Waals surface area contributed by atoms with Crippen molar-refractivity contribution >= 4 is 11.7 Å². The molecular weight excluding hydrogens is 320 g/mol. The van der Waals surface area contributed by atoms with Gasteiger partial charge in [0.05, 0.1) is 6.04 Å². The summed E-state index contributed by atoms with van der Waals surface area (Å²) in [6, 6.07) is 15.0. The van der Waals surface area contributed by atoms with Crippen molar-refractivity contribution in [3.05, 3.63) is 64.7 Å². The maximum Gasteiger partial charge on any atom is 0.322 e. The highest BCUT2D eigenvalue weighted by atomic mass is 16.2. The molecule has 1 saturated heterocycles. The Balaban J connectivity index is 1.88. The molecule has 3 heteroatoms. The van der Waals surface area contributed by atoms with E-state index in [9.17, 15) is 4.79 Å². The molecule has 2 aromatic carbocycles. The van der Waals surface area contributed by atoms with Crippen molar-refractivity contribution in [1.29, 1.82) is 0 Å². The molecule has 0 radical (unpaired) electrons. The quantitative estimate of drug-likeness (QED) is 0.737. The van der Waals surface area contributed by atoms with E-state index >= 15 is 0 Å². The standard InChI is InChI=1S/C23H30N2O/c1-5-19-10-6-8-17(3)21(19)24-23(26)25-15-7-9-18(4)22(25)20-13-11-16(2)12-14-20/h6,8,10-14,18,22H,5,7,9,15H2,1-4H3,(H,24,26)/t18-,22-/m0/s1. The summed E-state index contributed by atoms with van der Waals surface area (Å²) in [6.45, 7) is 9.35. The van der Waals surface area contributed by atoms with Gasteiger partial charge in [-0.3, -0.25) is 0 Å². The second kappa shape index (κ2) is 7.94. The van der Waals surface area contributed by atoms with Crippen molar-refractivity contribution < 1.29 is 4.79 Å². The first kappa shape index (κ1) is 18.5. The number of anilines is 1. The molecule has 0 aliphatic carbocycles. The molecule has 0 unspecified atom stereocenters. The van der Waals surface area contributed by atoms with E-state index in [0.29, 0.717) is 5.92 Å². The number of benzene rings is 2. The number of rotatable bonds is 3. The molecule has 0 spiro atoms. The number of nitrogens with one attached hydrogen (secondary N) is 1. The van der Waals surface area contributed by atoms with E-state index in [2.05, 4.69) is 75.5 Å². The molecule has 26 heavy (non-hydrogen) atoms. The predicted molar refractivity (Wildman–Crippen MR) is 109 cm³/mol. The summed E-state index contributed by atoms with van der Waals surface area (Å²) >= 11 is 0. The van der Waals surface area contributed by atoms with Gasteiger partial charge in [0.25, 0.3) is 0 Å². The summed E-state index contributed by atoms with van der Waals surface area (Å²) in [4.78, 5) is 15.2. The molecule has 1 aliphatic rings. The normalized spacial score (nSPS) is 20.1. The molecule has 3 nitrogen and oxygen atoms in total. The van der Waals surface area contributed by atoms with Crippen LogP contribution in [-0.4, -0.2) is 17.5 Å². The molecular formula is C23H30N2O. The van der Waals surface area contributed by atoms with Crippen LogP contribution in [0, 0.1) is 19.8 Å². The van der Waals surface area contributed by atoms with Crippen molar-refractivity contribution in [2.24, 2.45) is 5.92 Å². The lowest BCUT2D eigenvalue weighted by molar-refractivity contribution is 0.129. The van der Waals surface area contributed by atoms with Gasteiger partial charge in [0.2, 0.25) is 0 Å². The van der Waals surface area contributed by atoms with Gasteiger partial charge in [-0.25, -0.2) is 4.79 Å². The van der Waals surface area contributed by atoms with Crippen LogP contribution >= 0.6 is 0 Å². The van der Waals surface area contributed by atoms with E-state index in [-0.39, 0.29) is 12.1 Å². The first-order valence-corrected chi connectivity index (χ1v) is 9.74. The Morgan fingerprint density at radius 1 is 1.15 bits per heavy atom. The average Bonchev–Trinajstić information content (AvgIpc) is 2.64. The van der Waals surface area contributed by atoms with Gasteiger partial charge in [-0.05, 0) is 55.7 Å². The van der Waals surface area contributed by atoms with Crippen molar-refractivity contribution in [2.75, 3.05) is 11.9 Å². The number of carbonyl (C=O) groups excluding carboxylic acids is 1. The Labute approximate surface area is 157 Å². The Morgan fingerprint density at radius 3 is 2.58 bits per heavy atom. The fraction of sp³-hybridized carbons (Fsp3) is 0.435. The smallest absolute Gasteiger partial charge is 0.317 e. The van der Waals surface area contributed by atoms with Crippen LogP contribution in [0.5, 0.6) is 0 Å². The number of carbonyl (C=O) groups is 1. The van der Waals surface area contributed by atoms with Crippen LogP contribution in [0.1, 0.15) is 55.0 Å². The molecule has 3 rings (SSSR count). The fourth-order valence-electron chi connectivity index (χ4n) is 4.07. The highest BCUT2D eigenvalue weighted by Crippen LogP contribution is 2.36. The molecule has 1 heterocycles. The van der Waals surface area contributed by atoms with E-state index in [1.54, 1.807) is 0 Å². The molecule has 1 N–H and O–H groups in total. The summed E-state index contributed by atoms with van der Waals surface area (Å²) in [5.41, 5.74) is 5.77. The number of aryl methyl sites for hydroxylation is 3. The van der Waals surface area contributed by atoms with Gasteiger partial charge in [-0.15, -0.1) is 0 Å². The van der Waals surface area contributed by atoms with Crippen LogP contribution in [0.3, 0.4) is 0 Å². The highest BCUT2D eigenvalue weighted by molar-refractivity contribution is 5.91. The lowest BCUT2D eigenvalue weighted by Gasteiger charge is -2.40. The minimum atomic E-state index is 0.0196. The molecule has 1 fully saturated rings. The van der Waals surface area contributed by atoms with Crippen LogP contribution < -0.4 is 5.32 Å². The van der Waals surface area contributed by atoms with E-state index < -0.39 is 0 Å². The Kier molecular flexibility index (Phi) is 5.65. The van der Waals surface area contributed by atoms with E-state index in [0.717, 1.165) is 37.1 Å². The molecule has 1 aliphatic heterocycles. The van der Waals surface area contributed by atoms with Crippen LogP contribution in [-0.2, 0) is 6.42 Å². The van der Waals surface area contributed by atoms with E-state index in [4.69, 9.17) is 0 Å². The zero-order valence-corrected chi connectivity index (χ0v) is 16.4. The zero-order valence-electron chi connectivity index (χ0n) is 16.4. The van der Waals surface area contributed by atoms with Crippen LogP contribution in [0.2, 0.25) is 0 Å². The number of urea groups is 1. The Bertz CT molecular complexity index is 766. The minimum absolute atomic E-state index is 0.0196. The number of likely N-dealkylation sites (tertiary alicyclic amines) is 1. The largest absolute Gasteiger partial charge is 0.322 e. The van der Waals surface area contributed by atoms with Gasteiger partial charge in [0.15, 0.2) is 0 Å². The topological polar surface area (TPSA) is 32.3 Å². The van der Waals surface area contributed by atoms with Gasteiger partial charge in [0, 0.05) is 12.2 Å². The van der Waals surface area contributed by atoms with Crippen LogP contribution in [0.15, 0.2) is 42.5 Å². The zero-order chi connectivity index (χ0) is 18.7. The van der Waals surface area contributed by atoms with Crippen molar-refractivity contribution in [2.45, 2.75) is 53.0 Å². The van der Waals surface area contributed by atoms with Crippen molar-refractivity contribution in [3.8, 4) is 0 Å². The molecule has 0 aromatic heterocycles. The Hall–Kier alpha value is -2.29. The second-order valence-electron chi connectivity index (χ2n) is 7.56. The summed E-state index contributed by atoms with van der Waals surface area (Å²) < 4.78 is 0. The maximum absolute atomic E-state index is 13.2. The maximum atomic E-state index is 13.2. The number of nitrogens with zero attached hydrogens (tertiary/aromatic N) is 1. The molecule has 0 bridgehead atoms. The monoisotopic (exact) mass is 350 g/mol. The van der Waals surface area contributed by atoms with Gasteiger partial charge in [-0.2, -0.15) is 0 Å². The minimum Gasteiger partial charge on any atom is -0.317 e. The van der Waals surface area contributed by atoms with Crippen molar-refractivity contribution in [3.63, 3.8) is 0 Å². The van der Waals surface area contributed by atoms with Gasteiger partial charge >= 0.3 is 6.03 Å². The van der Waals surface area contributed by atoms with E-state index in [1.807, 2.05) is 4.90 Å². The first-order valence-electron chi connectivity index (χ1n) is 9.74. The van der Waals surface area contributed by atoms with Gasteiger partial charge in [-0.1, -0.05) is 61.9 Å². The highest BCUT2D eigenvalue weighted by Gasteiger charge is 2.33. The lowest BCUT2D eigenvalue weighted by Crippen LogP contribution is -2.44. The van der Waals surface area contributed by atoms with Crippen molar-refractivity contribution in [1.82, 2.24) is 4.90 Å². The van der Waals surface area contributed by atoms with Crippen LogP contribution in [0.4, 0.5) is 10.5 Å². The fourth-order valence-corrected chi connectivity index (χ4v) is 4.07. The SMILES string of the molecule is CCc1cccc(C)c1NC(=O)N1CCC[C@H](C)[C@H]1c1ccc(C)cc1. The third-order valence-corrected chi connectivity index (χ3v) is 5.58. The number of para-hydroxylation sites is 1. The first-order chi connectivity index (χ1) is 12.5. The summed E-state index contributed by atoms with van der Waals surface area (Å²) in [6.07, 6.45) is 3.13. The number of hydrogen-bond acceptors (Lipinski definition) is 1. The number of hydrogen-bond donors (Lipinski definition) is 1. The van der Waals surface area contributed by atoms with E-state index in [1.165, 1.54) is 16.7 Å². The third-order valence-electron chi connectivity index (χ3n) is 5.58.